The molecule has 0 amide bonds. The van der Waals surface area contributed by atoms with E-state index in [1.54, 1.807) is 6.33 Å². The van der Waals surface area contributed by atoms with Crippen LogP contribution in [0.2, 0.25) is 0 Å². The van der Waals surface area contributed by atoms with Crippen LogP contribution in [-0.2, 0) is 6.42 Å². The first-order chi connectivity index (χ1) is 10.8. The summed E-state index contributed by atoms with van der Waals surface area (Å²) in [5, 5.41) is 8.69. The number of hydrogen-bond donors (Lipinski definition) is 0. The molecular weight excluding hydrogens is 278 g/mol. The molecule has 1 aliphatic heterocycles. The molecular formula is C15H19N7. The number of hydrogen-bond acceptors (Lipinski definition) is 5. The van der Waals surface area contributed by atoms with Gasteiger partial charge in [-0.3, -0.25) is 4.68 Å². The average Bonchev–Trinajstić information content (AvgIpc) is 3.25. The van der Waals surface area contributed by atoms with Crippen LogP contribution in [0.15, 0.2) is 30.9 Å². The Bertz CT molecular complexity index is 753. The van der Waals surface area contributed by atoms with Crippen molar-refractivity contribution in [1.29, 1.82) is 0 Å². The highest BCUT2D eigenvalue weighted by Gasteiger charge is 2.23. The summed E-state index contributed by atoms with van der Waals surface area (Å²) < 4.78 is 3.92. The maximum Gasteiger partial charge on any atom is 0.254 e. The number of aromatic nitrogens is 6. The zero-order chi connectivity index (χ0) is 14.9. The largest absolute Gasteiger partial charge is 0.356 e. The van der Waals surface area contributed by atoms with E-state index in [0.717, 1.165) is 43.9 Å². The van der Waals surface area contributed by atoms with Crippen molar-refractivity contribution >= 4 is 11.6 Å². The number of aryl methyl sites for hydroxylation is 1. The normalized spacial score (nSPS) is 16.5. The van der Waals surface area contributed by atoms with Gasteiger partial charge in [0.15, 0.2) is 0 Å². The molecule has 0 spiro atoms. The molecule has 4 rings (SSSR count). The maximum absolute atomic E-state index is 4.51. The molecule has 1 aliphatic rings. The Morgan fingerprint density at radius 1 is 1.23 bits per heavy atom. The Hall–Kier alpha value is -2.44. The molecule has 1 fully saturated rings. The molecule has 1 saturated heterocycles. The number of nitrogens with zero attached hydrogens (tertiary/aromatic N) is 7. The maximum atomic E-state index is 4.51. The predicted molar refractivity (Wildman–Crippen MR) is 82.9 cm³/mol. The van der Waals surface area contributed by atoms with Crippen LogP contribution >= 0.6 is 0 Å². The van der Waals surface area contributed by atoms with Gasteiger partial charge in [0, 0.05) is 37.2 Å². The molecule has 3 aromatic heterocycles. The molecule has 0 aromatic carbocycles. The van der Waals surface area contributed by atoms with Crippen LogP contribution in [0.3, 0.4) is 0 Å². The van der Waals surface area contributed by atoms with Gasteiger partial charge in [0.05, 0.1) is 6.04 Å². The van der Waals surface area contributed by atoms with Crippen LogP contribution in [0.5, 0.6) is 0 Å². The van der Waals surface area contributed by atoms with Crippen molar-refractivity contribution in [3.05, 3.63) is 36.5 Å². The summed E-state index contributed by atoms with van der Waals surface area (Å²) in [7, 11) is 0. The van der Waals surface area contributed by atoms with Gasteiger partial charge in [-0.25, -0.2) is 4.98 Å². The van der Waals surface area contributed by atoms with Crippen molar-refractivity contribution in [2.75, 3.05) is 18.0 Å². The standard InChI is InChI=1S/C15H19N7/c1-2-12-10-14(22-15(19-12)16-11-18-22)20-8-4-13(5-9-20)21-7-3-6-17-21/h3,6-7,10-11,13H,2,4-5,8-9H2,1H3. The summed E-state index contributed by atoms with van der Waals surface area (Å²) in [6, 6.07) is 4.61. The fourth-order valence-electron chi connectivity index (χ4n) is 3.11. The molecule has 7 nitrogen and oxygen atoms in total. The monoisotopic (exact) mass is 297 g/mol. The molecule has 0 aliphatic carbocycles. The van der Waals surface area contributed by atoms with Crippen LogP contribution in [0.1, 0.15) is 31.5 Å². The lowest BCUT2D eigenvalue weighted by atomic mass is 10.1. The fourth-order valence-corrected chi connectivity index (χ4v) is 3.11. The highest BCUT2D eigenvalue weighted by atomic mass is 15.4. The van der Waals surface area contributed by atoms with Crippen LogP contribution in [0, 0.1) is 0 Å². The Balaban J connectivity index is 1.59. The SMILES string of the molecule is CCc1cc(N2CCC(n3cccn3)CC2)n2ncnc2n1. The molecule has 0 atom stereocenters. The Morgan fingerprint density at radius 3 is 2.82 bits per heavy atom. The summed E-state index contributed by atoms with van der Waals surface area (Å²) >= 11 is 0. The van der Waals surface area contributed by atoms with E-state index >= 15 is 0 Å². The molecule has 0 N–H and O–H groups in total. The van der Waals surface area contributed by atoms with Crippen molar-refractivity contribution < 1.29 is 0 Å². The molecule has 7 heteroatoms. The van der Waals surface area contributed by atoms with Gasteiger partial charge in [-0.15, -0.1) is 0 Å². The van der Waals surface area contributed by atoms with Gasteiger partial charge in [-0.1, -0.05) is 6.92 Å². The molecule has 3 aromatic rings. The third kappa shape index (κ3) is 2.22. The van der Waals surface area contributed by atoms with Crippen molar-refractivity contribution in [2.24, 2.45) is 0 Å². The zero-order valence-corrected chi connectivity index (χ0v) is 12.6. The van der Waals surface area contributed by atoms with Crippen molar-refractivity contribution in [3.8, 4) is 0 Å². The van der Waals surface area contributed by atoms with Gasteiger partial charge in [-0.2, -0.15) is 19.7 Å². The molecule has 0 saturated carbocycles. The van der Waals surface area contributed by atoms with E-state index in [2.05, 4.69) is 48.9 Å². The van der Waals surface area contributed by atoms with Crippen molar-refractivity contribution in [2.45, 2.75) is 32.2 Å². The van der Waals surface area contributed by atoms with Crippen LogP contribution in [0.25, 0.3) is 5.78 Å². The fraction of sp³-hybridized carbons (Fsp3) is 0.467. The number of piperidine rings is 1. The first-order valence-corrected chi connectivity index (χ1v) is 7.79. The van der Waals surface area contributed by atoms with Gasteiger partial charge < -0.3 is 4.90 Å². The first-order valence-electron chi connectivity index (χ1n) is 7.79. The van der Waals surface area contributed by atoms with Crippen LogP contribution in [0.4, 0.5) is 5.82 Å². The Kier molecular flexibility index (Phi) is 3.25. The van der Waals surface area contributed by atoms with Gasteiger partial charge in [-0.05, 0) is 25.3 Å². The highest BCUT2D eigenvalue weighted by molar-refractivity contribution is 5.47. The topological polar surface area (TPSA) is 64.1 Å². The smallest absolute Gasteiger partial charge is 0.254 e. The molecule has 0 unspecified atom stereocenters. The van der Waals surface area contributed by atoms with Crippen LogP contribution < -0.4 is 4.90 Å². The average molecular weight is 297 g/mol. The molecule has 0 bridgehead atoms. The Morgan fingerprint density at radius 2 is 2.09 bits per heavy atom. The summed E-state index contributed by atoms with van der Waals surface area (Å²) in [5.41, 5.74) is 1.06. The van der Waals surface area contributed by atoms with Gasteiger partial charge in [0.25, 0.3) is 5.78 Å². The molecule has 22 heavy (non-hydrogen) atoms. The summed E-state index contributed by atoms with van der Waals surface area (Å²) in [6.45, 7) is 4.10. The second kappa shape index (κ2) is 5.40. The van der Waals surface area contributed by atoms with E-state index in [1.807, 2.05) is 16.8 Å². The summed E-state index contributed by atoms with van der Waals surface area (Å²) in [4.78, 5) is 11.1. The second-order valence-corrected chi connectivity index (χ2v) is 5.64. The first kappa shape index (κ1) is 13.2. The lowest BCUT2D eigenvalue weighted by Gasteiger charge is -2.33. The van der Waals surface area contributed by atoms with Gasteiger partial charge in [0.2, 0.25) is 0 Å². The third-order valence-electron chi connectivity index (χ3n) is 4.34. The van der Waals surface area contributed by atoms with Gasteiger partial charge >= 0.3 is 0 Å². The van der Waals surface area contributed by atoms with E-state index in [0.29, 0.717) is 11.8 Å². The van der Waals surface area contributed by atoms with Crippen molar-refractivity contribution in [1.82, 2.24) is 29.4 Å². The van der Waals surface area contributed by atoms with E-state index in [-0.39, 0.29) is 0 Å². The van der Waals surface area contributed by atoms with E-state index < -0.39 is 0 Å². The molecule has 0 radical (unpaired) electrons. The zero-order valence-electron chi connectivity index (χ0n) is 12.6. The number of anilines is 1. The van der Waals surface area contributed by atoms with E-state index in [4.69, 9.17) is 0 Å². The van der Waals surface area contributed by atoms with E-state index in [9.17, 15) is 0 Å². The molecule has 114 valence electrons. The predicted octanol–water partition coefficient (Wildman–Crippen LogP) is 1.72. The van der Waals surface area contributed by atoms with E-state index in [1.165, 1.54) is 0 Å². The summed E-state index contributed by atoms with van der Waals surface area (Å²) in [6.07, 6.45) is 8.55. The lowest BCUT2D eigenvalue weighted by molar-refractivity contribution is 0.365. The summed E-state index contributed by atoms with van der Waals surface area (Å²) in [5.74, 6) is 1.78. The quantitative estimate of drug-likeness (QED) is 0.736. The second-order valence-electron chi connectivity index (χ2n) is 5.64. The number of rotatable bonds is 3. The highest BCUT2D eigenvalue weighted by Crippen LogP contribution is 2.26. The third-order valence-corrected chi connectivity index (χ3v) is 4.34. The molecule has 4 heterocycles. The minimum Gasteiger partial charge on any atom is -0.356 e. The minimum atomic E-state index is 0.491. The number of fused-ring (bicyclic) bond motifs is 1. The Labute approximate surface area is 128 Å². The minimum absolute atomic E-state index is 0.491. The lowest BCUT2D eigenvalue weighted by Crippen LogP contribution is -2.36. The van der Waals surface area contributed by atoms with Crippen molar-refractivity contribution in [3.63, 3.8) is 0 Å². The van der Waals surface area contributed by atoms with Crippen LogP contribution in [-0.4, -0.2) is 42.5 Å². The van der Waals surface area contributed by atoms with Gasteiger partial charge in [0.1, 0.15) is 12.1 Å².